The van der Waals surface area contributed by atoms with Crippen molar-refractivity contribution in [2.24, 2.45) is 0 Å². The maximum absolute atomic E-state index is 12.1. The summed E-state index contributed by atoms with van der Waals surface area (Å²) in [7, 11) is 4.30. The van der Waals surface area contributed by atoms with Gasteiger partial charge in [-0.3, -0.25) is 0 Å². The van der Waals surface area contributed by atoms with Gasteiger partial charge in [-0.1, -0.05) is 17.7 Å². The normalized spacial score (nSPS) is 23.7. The number of benzene rings is 1. The second-order valence-corrected chi connectivity index (χ2v) is 8.99. The average molecular weight is 487 g/mol. The predicted molar refractivity (Wildman–Crippen MR) is 131 cm³/mol. The van der Waals surface area contributed by atoms with Crippen molar-refractivity contribution in [3.05, 3.63) is 64.7 Å². The number of ether oxygens (including phenoxy) is 7. The van der Waals surface area contributed by atoms with E-state index in [0.717, 1.165) is 11.1 Å². The Morgan fingerprint density at radius 3 is 2.43 bits per heavy atom. The van der Waals surface area contributed by atoms with Crippen LogP contribution in [0.1, 0.15) is 40.2 Å². The summed E-state index contributed by atoms with van der Waals surface area (Å²) in [6, 6.07) is 5.59. The van der Waals surface area contributed by atoms with E-state index in [1.807, 2.05) is 58.0 Å². The van der Waals surface area contributed by atoms with E-state index in [1.54, 1.807) is 13.0 Å². The zero-order valence-electron chi connectivity index (χ0n) is 21.6. The van der Waals surface area contributed by atoms with Gasteiger partial charge in [0.1, 0.15) is 16.9 Å². The molecule has 8 nitrogen and oxygen atoms in total. The fourth-order valence-electron chi connectivity index (χ4n) is 3.80. The number of hydrogen-bond donors (Lipinski definition) is 0. The summed E-state index contributed by atoms with van der Waals surface area (Å²) in [6.07, 6.45) is 6.32. The average Bonchev–Trinajstić information content (AvgIpc) is 3.04. The molecule has 1 saturated heterocycles. The molecule has 1 spiro atoms. The molecule has 0 radical (unpaired) electrons. The Balaban J connectivity index is 1.89. The minimum atomic E-state index is -1.09. The third-order valence-electron chi connectivity index (χ3n) is 5.83. The number of rotatable bonds is 7. The molecule has 2 atom stereocenters. The molecule has 2 heterocycles. The summed E-state index contributed by atoms with van der Waals surface area (Å²) in [5.41, 5.74) is 2.00. The second kappa shape index (κ2) is 10.6. The first-order valence-electron chi connectivity index (χ1n) is 11.3. The number of methoxy groups -OCH3 is 3. The molecule has 1 aromatic rings. The Labute approximate surface area is 206 Å². The van der Waals surface area contributed by atoms with Gasteiger partial charge in [-0.2, -0.15) is 0 Å². The number of carbonyl (C=O) groups excluding carboxylic acids is 1. The first-order valence-corrected chi connectivity index (χ1v) is 11.3. The van der Waals surface area contributed by atoms with Crippen LogP contribution in [0.5, 0.6) is 11.5 Å². The highest BCUT2D eigenvalue weighted by atomic mass is 16.8. The van der Waals surface area contributed by atoms with Crippen LogP contribution in [0.4, 0.5) is 0 Å². The summed E-state index contributed by atoms with van der Waals surface area (Å²) in [5, 5.41) is 0. The second-order valence-electron chi connectivity index (χ2n) is 8.99. The van der Waals surface area contributed by atoms with Gasteiger partial charge in [-0.05, 0) is 64.5 Å². The highest BCUT2D eigenvalue weighted by Crippen LogP contribution is 2.46. The van der Waals surface area contributed by atoms with Gasteiger partial charge in [0, 0.05) is 5.57 Å². The summed E-state index contributed by atoms with van der Waals surface area (Å²) in [4.78, 5) is 12.1. The van der Waals surface area contributed by atoms with Crippen LogP contribution in [-0.4, -0.2) is 51.6 Å². The molecule has 35 heavy (non-hydrogen) atoms. The minimum Gasteiger partial charge on any atom is -0.503 e. The number of hydrogen-bond acceptors (Lipinski definition) is 8. The predicted octanol–water partition coefficient (Wildman–Crippen LogP) is 4.91. The molecule has 1 fully saturated rings. The molecule has 0 amide bonds. The molecule has 0 unspecified atom stereocenters. The lowest BCUT2D eigenvalue weighted by atomic mass is 9.97. The first kappa shape index (κ1) is 26.4. The van der Waals surface area contributed by atoms with Crippen LogP contribution >= 0.6 is 0 Å². The van der Waals surface area contributed by atoms with E-state index in [-0.39, 0.29) is 12.2 Å². The van der Waals surface area contributed by atoms with Crippen molar-refractivity contribution in [2.75, 3.05) is 27.9 Å². The Morgan fingerprint density at radius 1 is 1.06 bits per heavy atom. The van der Waals surface area contributed by atoms with Crippen molar-refractivity contribution in [2.45, 2.75) is 52.3 Å². The quantitative estimate of drug-likeness (QED) is 0.177. The van der Waals surface area contributed by atoms with E-state index in [2.05, 4.69) is 0 Å². The highest BCUT2D eigenvalue weighted by molar-refractivity contribution is 5.93. The van der Waals surface area contributed by atoms with Crippen molar-refractivity contribution in [1.82, 2.24) is 0 Å². The standard InChI is InChI=1S/C27H34O8/c1-17(2)13-24-34-26(4,5)27(35-24)16-32-22-12-10-19(14-23(22)33-27)9-11-21(30-7)18(3)20(15-29-6)25(28)31-8/h9-15,24H,16H2,1-8H3/b11-9+,20-15+,21-18+/t24-,27+/m1/s1. The van der Waals surface area contributed by atoms with Gasteiger partial charge in [-0.25, -0.2) is 4.79 Å². The third kappa shape index (κ3) is 5.55. The zero-order valence-corrected chi connectivity index (χ0v) is 21.6. The Morgan fingerprint density at radius 2 is 1.80 bits per heavy atom. The van der Waals surface area contributed by atoms with Crippen LogP contribution in [0.15, 0.2) is 59.1 Å². The van der Waals surface area contributed by atoms with Gasteiger partial charge < -0.3 is 33.2 Å². The van der Waals surface area contributed by atoms with Crippen molar-refractivity contribution >= 4 is 12.0 Å². The maximum Gasteiger partial charge on any atom is 0.341 e. The van der Waals surface area contributed by atoms with Crippen LogP contribution in [0.2, 0.25) is 0 Å². The lowest BCUT2D eigenvalue weighted by molar-refractivity contribution is -0.216. The SMILES string of the molecule is CO\C=C(C(=O)OC)/C(C)=C(\C=C\c1ccc2c(c1)O[C@@]1(CO2)O[C@H](C=C(C)C)OC1(C)C)OC. The summed E-state index contributed by atoms with van der Waals surface area (Å²) < 4.78 is 40.0. The maximum atomic E-state index is 12.1. The number of allylic oxidation sites excluding steroid dienone is 2. The molecule has 2 aliphatic heterocycles. The molecule has 190 valence electrons. The van der Waals surface area contributed by atoms with Crippen molar-refractivity contribution in [3.8, 4) is 11.5 Å². The first-order chi connectivity index (χ1) is 16.6. The summed E-state index contributed by atoms with van der Waals surface area (Å²) in [6.45, 7) is 9.78. The van der Waals surface area contributed by atoms with Gasteiger partial charge in [0.05, 0.1) is 27.6 Å². The third-order valence-corrected chi connectivity index (χ3v) is 5.83. The molecule has 1 aromatic carbocycles. The smallest absolute Gasteiger partial charge is 0.341 e. The summed E-state index contributed by atoms with van der Waals surface area (Å²) in [5.74, 6) is 0.0238. The fourth-order valence-corrected chi connectivity index (χ4v) is 3.80. The topological polar surface area (TPSA) is 81.7 Å². The van der Waals surface area contributed by atoms with Crippen LogP contribution in [0, 0.1) is 0 Å². The molecule has 0 N–H and O–H groups in total. The Hall–Kier alpha value is -3.23. The Bertz CT molecular complexity index is 1070. The van der Waals surface area contributed by atoms with E-state index < -0.39 is 23.6 Å². The van der Waals surface area contributed by atoms with Crippen LogP contribution in [0.3, 0.4) is 0 Å². The van der Waals surface area contributed by atoms with E-state index >= 15 is 0 Å². The lowest BCUT2D eigenvalue weighted by Crippen LogP contribution is -2.58. The van der Waals surface area contributed by atoms with E-state index in [0.29, 0.717) is 22.8 Å². The highest BCUT2D eigenvalue weighted by Gasteiger charge is 2.60. The molecule has 8 heteroatoms. The molecule has 2 aliphatic rings. The minimum absolute atomic E-state index is 0.202. The monoisotopic (exact) mass is 486 g/mol. The van der Waals surface area contributed by atoms with Crippen molar-refractivity contribution < 1.29 is 38.0 Å². The van der Waals surface area contributed by atoms with E-state index in [4.69, 9.17) is 33.2 Å². The molecular formula is C27H34O8. The van der Waals surface area contributed by atoms with Gasteiger partial charge in [-0.15, -0.1) is 0 Å². The molecule has 0 aliphatic carbocycles. The van der Waals surface area contributed by atoms with Gasteiger partial charge in [0.2, 0.25) is 0 Å². The summed E-state index contributed by atoms with van der Waals surface area (Å²) >= 11 is 0. The molecule has 0 saturated carbocycles. The van der Waals surface area contributed by atoms with E-state index in [9.17, 15) is 4.79 Å². The Kier molecular flexibility index (Phi) is 7.97. The van der Waals surface area contributed by atoms with Crippen molar-refractivity contribution in [1.29, 1.82) is 0 Å². The molecule has 3 rings (SSSR count). The molecule has 0 bridgehead atoms. The number of fused-ring (bicyclic) bond motifs is 1. The zero-order chi connectivity index (χ0) is 25.8. The lowest BCUT2D eigenvalue weighted by Gasteiger charge is -2.40. The van der Waals surface area contributed by atoms with Crippen molar-refractivity contribution in [3.63, 3.8) is 0 Å². The van der Waals surface area contributed by atoms with Crippen LogP contribution in [-0.2, 0) is 28.5 Å². The van der Waals surface area contributed by atoms with Crippen LogP contribution < -0.4 is 9.47 Å². The van der Waals surface area contributed by atoms with Crippen LogP contribution in [0.25, 0.3) is 6.08 Å². The molecular weight excluding hydrogens is 452 g/mol. The van der Waals surface area contributed by atoms with Gasteiger partial charge in [0.15, 0.2) is 24.4 Å². The van der Waals surface area contributed by atoms with E-state index in [1.165, 1.54) is 27.6 Å². The number of esters is 1. The largest absolute Gasteiger partial charge is 0.503 e. The molecule has 0 aromatic heterocycles. The fraction of sp³-hybridized carbons (Fsp3) is 0.444. The number of carbonyl (C=O) groups is 1. The van der Waals surface area contributed by atoms with Gasteiger partial charge in [0.25, 0.3) is 5.79 Å². The van der Waals surface area contributed by atoms with Gasteiger partial charge >= 0.3 is 5.97 Å².